The Bertz CT molecular complexity index is 739. The summed E-state index contributed by atoms with van der Waals surface area (Å²) in [7, 11) is 0. The average molecular weight is 298 g/mol. The second-order valence-corrected chi connectivity index (χ2v) is 5.65. The quantitative estimate of drug-likeness (QED) is 0.744. The van der Waals surface area contributed by atoms with Crippen molar-refractivity contribution < 1.29 is 4.52 Å². The van der Waals surface area contributed by atoms with Gasteiger partial charge in [-0.25, -0.2) is 4.98 Å². The lowest BCUT2D eigenvalue weighted by Gasteiger charge is -1.99. The van der Waals surface area contributed by atoms with Crippen LogP contribution in [0.3, 0.4) is 0 Å². The maximum absolute atomic E-state index is 5.60. The molecule has 3 aromatic rings. The minimum atomic E-state index is 0.412. The Balaban J connectivity index is 1.69. The first-order chi connectivity index (χ1) is 10.2. The molecule has 3 rings (SSSR count). The highest BCUT2D eigenvalue weighted by Crippen LogP contribution is 2.23. The zero-order chi connectivity index (χ0) is 14.7. The van der Waals surface area contributed by atoms with Gasteiger partial charge in [-0.2, -0.15) is 4.98 Å². The summed E-state index contributed by atoms with van der Waals surface area (Å²) in [4.78, 5) is 9.70. The van der Waals surface area contributed by atoms with Crippen molar-refractivity contribution >= 4 is 17.4 Å². The molecule has 5 nitrogen and oxygen atoms in total. The number of rotatable bonds is 4. The molecule has 0 aliphatic rings. The number of thioether (sulfide) groups is 1. The van der Waals surface area contributed by atoms with E-state index in [4.69, 9.17) is 10.3 Å². The molecular formula is C15H14N4OS. The van der Waals surface area contributed by atoms with Crippen molar-refractivity contribution in [3.63, 3.8) is 0 Å². The SMILES string of the molecule is Cc1cccc(SCc2noc(-c3ccc(N)cn3)n2)c1. The lowest BCUT2D eigenvalue weighted by Crippen LogP contribution is -1.89. The van der Waals surface area contributed by atoms with E-state index in [1.807, 2.05) is 6.07 Å². The zero-order valence-corrected chi connectivity index (χ0v) is 12.3. The van der Waals surface area contributed by atoms with Crippen LogP contribution in [0.15, 0.2) is 52.0 Å². The van der Waals surface area contributed by atoms with Gasteiger partial charge in [0.05, 0.1) is 17.6 Å². The van der Waals surface area contributed by atoms with Crippen LogP contribution in [0, 0.1) is 6.92 Å². The fraction of sp³-hybridized carbons (Fsp3) is 0.133. The summed E-state index contributed by atoms with van der Waals surface area (Å²) in [6.45, 7) is 2.07. The van der Waals surface area contributed by atoms with Crippen LogP contribution < -0.4 is 5.73 Å². The standard InChI is InChI=1S/C15H14N4OS/c1-10-3-2-4-12(7-10)21-9-14-18-15(20-19-14)13-6-5-11(16)8-17-13/h2-8H,9,16H2,1H3. The van der Waals surface area contributed by atoms with Gasteiger partial charge >= 0.3 is 0 Å². The molecule has 2 N–H and O–H groups in total. The molecule has 2 aromatic heterocycles. The van der Waals surface area contributed by atoms with E-state index in [1.54, 1.807) is 30.1 Å². The molecule has 2 heterocycles. The number of benzene rings is 1. The summed E-state index contributed by atoms with van der Waals surface area (Å²) in [5.74, 6) is 1.71. The summed E-state index contributed by atoms with van der Waals surface area (Å²) in [5, 5.41) is 3.97. The number of anilines is 1. The number of nitrogens with two attached hydrogens (primary N) is 1. The summed E-state index contributed by atoms with van der Waals surface area (Å²) >= 11 is 1.67. The molecule has 0 bridgehead atoms. The number of aromatic nitrogens is 3. The highest BCUT2D eigenvalue weighted by molar-refractivity contribution is 7.98. The van der Waals surface area contributed by atoms with Gasteiger partial charge in [0.1, 0.15) is 5.69 Å². The minimum absolute atomic E-state index is 0.412. The van der Waals surface area contributed by atoms with Gasteiger partial charge in [-0.3, -0.25) is 0 Å². The summed E-state index contributed by atoms with van der Waals surface area (Å²) in [6.07, 6.45) is 1.57. The lowest BCUT2D eigenvalue weighted by atomic mass is 10.2. The Kier molecular flexibility index (Phi) is 3.87. The van der Waals surface area contributed by atoms with Crippen molar-refractivity contribution in [2.75, 3.05) is 5.73 Å². The van der Waals surface area contributed by atoms with Crippen molar-refractivity contribution in [1.82, 2.24) is 15.1 Å². The monoisotopic (exact) mass is 298 g/mol. The first-order valence-corrected chi connectivity index (χ1v) is 7.43. The van der Waals surface area contributed by atoms with Gasteiger partial charge in [0.25, 0.3) is 5.89 Å². The molecule has 0 amide bonds. The van der Waals surface area contributed by atoms with Crippen molar-refractivity contribution in [3.05, 3.63) is 54.0 Å². The molecule has 106 valence electrons. The van der Waals surface area contributed by atoms with Crippen LogP contribution >= 0.6 is 11.8 Å². The Morgan fingerprint density at radius 2 is 2.14 bits per heavy atom. The van der Waals surface area contributed by atoms with Gasteiger partial charge in [0, 0.05) is 4.90 Å². The zero-order valence-electron chi connectivity index (χ0n) is 11.5. The van der Waals surface area contributed by atoms with Gasteiger partial charge in [-0.1, -0.05) is 22.9 Å². The van der Waals surface area contributed by atoms with E-state index in [0.717, 1.165) is 0 Å². The van der Waals surface area contributed by atoms with Crippen LogP contribution in [-0.4, -0.2) is 15.1 Å². The number of hydrogen-bond acceptors (Lipinski definition) is 6. The number of pyridine rings is 1. The fourth-order valence-electron chi connectivity index (χ4n) is 1.80. The van der Waals surface area contributed by atoms with Crippen LogP contribution in [0.4, 0.5) is 5.69 Å². The highest BCUT2D eigenvalue weighted by atomic mass is 32.2. The highest BCUT2D eigenvalue weighted by Gasteiger charge is 2.10. The first kappa shape index (κ1) is 13.6. The van der Waals surface area contributed by atoms with E-state index < -0.39 is 0 Å². The summed E-state index contributed by atoms with van der Waals surface area (Å²) in [6, 6.07) is 11.8. The van der Waals surface area contributed by atoms with E-state index in [2.05, 4.69) is 40.2 Å². The van der Waals surface area contributed by atoms with Gasteiger partial charge in [-0.05, 0) is 31.2 Å². The molecule has 0 radical (unpaired) electrons. The van der Waals surface area contributed by atoms with E-state index in [1.165, 1.54) is 10.5 Å². The van der Waals surface area contributed by atoms with E-state index in [9.17, 15) is 0 Å². The number of nitrogens with zero attached hydrogens (tertiary/aromatic N) is 3. The first-order valence-electron chi connectivity index (χ1n) is 6.45. The largest absolute Gasteiger partial charge is 0.397 e. The summed E-state index contributed by atoms with van der Waals surface area (Å²) < 4.78 is 5.22. The van der Waals surface area contributed by atoms with E-state index >= 15 is 0 Å². The molecule has 0 spiro atoms. The normalized spacial score (nSPS) is 10.7. The lowest BCUT2D eigenvalue weighted by molar-refractivity contribution is 0.424. The van der Waals surface area contributed by atoms with E-state index in [0.29, 0.717) is 28.8 Å². The van der Waals surface area contributed by atoms with Crippen LogP contribution in [0.1, 0.15) is 11.4 Å². The van der Waals surface area contributed by atoms with E-state index in [-0.39, 0.29) is 0 Å². The van der Waals surface area contributed by atoms with Gasteiger partial charge in [-0.15, -0.1) is 11.8 Å². The van der Waals surface area contributed by atoms with Crippen molar-refractivity contribution in [2.45, 2.75) is 17.6 Å². The number of nitrogen functional groups attached to an aromatic ring is 1. The number of aryl methyl sites for hydroxylation is 1. The third-order valence-corrected chi connectivity index (χ3v) is 3.82. The van der Waals surface area contributed by atoms with Crippen molar-refractivity contribution in [3.8, 4) is 11.6 Å². The molecular weight excluding hydrogens is 284 g/mol. The third kappa shape index (κ3) is 3.41. The maximum atomic E-state index is 5.60. The van der Waals surface area contributed by atoms with Crippen molar-refractivity contribution in [1.29, 1.82) is 0 Å². The minimum Gasteiger partial charge on any atom is -0.397 e. The van der Waals surface area contributed by atoms with Crippen molar-refractivity contribution in [2.24, 2.45) is 0 Å². The summed E-state index contributed by atoms with van der Waals surface area (Å²) in [5.41, 5.74) is 8.07. The average Bonchev–Trinajstić information content (AvgIpc) is 2.95. The Hall–Kier alpha value is -2.34. The molecule has 0 saturated heterocycles. The molecule has 1 aromatic carbocycles. The van der Waals surface area contributed by atoms with Crippen LogP contribution in [0.5, 0.6) is 0 Å². The predicted octanol–water partition coefficient (Wildman–Crippen LogP) is 3.31. The van der Waals surface area contributed by atoms with Crippen LogP contribution in [0.25, 0.3) is 11.6 Å². The molecule has 0 aliphatic heterocycles. The third-order valence-electron chi connectivity index (χ3n) is 2.83. The topological polar surface area (TPSA) is 77.8 Å². The molecule has 21 heavy (non-hydrogen) atoms. The molecule has 0 aliphatic carbocycles. The van der Waals surface area contributed by atoms with Crippen LogP contribution in [0.2, 0.25) is 0 Å². The van der Waals surface area contributed by atoms with Crippen LogP contribution in [-0.2, 0) is 5.75 Å². The fourth-order valence-corrected chi connectivity index (χ4v) is 2.66. The molecule has 6 heteroatoms. The second kappa shape index (κ2) is 5.97. The maximum Gasteiger partial charge on any atom is 0.276 e. The molecule has 0 saturated carbocycles. The molecule has 0 fully saturated rings. The van der Waals surface area contributed by atoms with Gasteiger partial charge < -0.3 is 10.3 Å². The smallest absolute Gasteiger partial charge is 0.276 e. The van der Waals surface area contributed by atoms with Gasteiger partial charge in [0.15, 0.2) is 5.82 Å². The number of hydrogen-bond donors (Lipinski definition) is 1. The Labute approximate surface area is 126 Å². The second-order valence-electron chi connectivity index (χ2n) is 4.60. The molecule has 0 atom stereocenters. The Morgan fingerprint density at radius 3 is 2.90 bits per heavy atom. The van der Waals surface area contributed by atoms with Gasteiger partial charge in [0.2, 0.25) is 0 Å². The molecule has 0 unspecified atom stereocenters. The Morgan fingerprint density at radius 1 is 1.24 bits per heavy atom. The predicted molar refractivity (Wildman–Crippen MR) is 82.7 cm³/mol.